The molecule has 1 heterocycles. The molecule has 0 bridgehead atoms. The maximum Gasteiger partial charge on any atom is 0.241 e. The van der Waals surface area contributed by atoms with Crippen LogP contribution in [0.3, 0.4) is 0 Å². The summed E-state index contributed by atoms with van der Waals surface area (Å²) in [6.45, 7) is 1.88. The number of aliphatic hydroxyl groups is 1. The van der Waals surface area contributed by atoms with Crippen molar-refractivity contribution in [1.82, 2.24) is 9.71 Å². The maximum atomic E-state index is 12.2. The Morgan fingerprint density at radius 3 is 2.75 bits per heavy atom. The van der Waals surface area contributed by atoms with Gasteiger partial charge in [0.2, 0.25) is 10.0 Å². The van der Waals surface area contributed by atoms with Crippen LogP contribution in [0.2, 0.25) is 0 Å². The first-order valence-electron chi connectivity index (χ1n) is 6.19. The van der Waals surface area contributed by atoms with Gasteiger partial charge in [0.25, 0.3) is 0 Å². The molecular weight excluding hydrogens is 296 g/mol. The number of aliphatic hydroxyl groups excluding tert-OH is 1. The van der Waals surface area contributed by atoms with Crippen molar-refractivity contribution in [2.24, 2.45) is 0 Å². The summed E-state index contributed by atoms with van der Waals surface area (Å²) in [5.74, 6) is 0. The highest BCUT2D eigenvalue weighted by Gasteiger charge is 2.17. The Labute approximate surface area is 122 Å². The first kappa shape index (κ1) is 15.1. The molecule has 0 spiro atoms. The zero-order chi connectivity index (χ0) is 14.6. The predicted molar refractivity (Wildman–Crippen MR) is 77.9 cm³/mol. The van der Waals surface area contributed by atoms with Crippen LogP contribution in [-0.2, 0) is 29.6 Å². The maximum absolute atomic E-state index is 12.2. The summed E-state index contributed by atoms with van der Waals surface area (Å²) in [5, 5.41) is 9.93. The summed E-state index contributed by atoms with van der Waals surface area (Å²) in [7, 11) is -3.64. The Morgan fingerprint density at radius 1 is 1.35 bits per heavy atom. The van der Waals surface area contributed by atoms with Gasteiger partial charge in [0.1, 0.15) is 5.01 Å². The number of rotatable bonds is 6. The normalized spacial score (nSPS) is 11.7. The Hall–Kier alpha value is -1.28. The molecule has 2 rings (SSSR count). The van der Waals surface area contributed by atoms with Gasteiger partial charge in [0, 0.05) is 11.1 Å². The molecule has 0 atom stereocenters. The average molecular weight is 312 g/mol. The molecule has 0 aliphatic heterocycles. The molecule has 20 heavy (non-hydrogen) atoms. The summed E-state index contributed by atoms with van der Waals surface area (Å²) in [6, 6.07) is 6.39. The van der Waals surface area contributed by atoms with Crippen molar-refractivity contribution in [2.75, 3.05) is 0 Å². The number of aromatic nitrogens is 1. The number of sulfonamides is 1. The average Bonchev–Trinajstić information content (AvgIpc) is 2.93. The van der Waals surface area contributed by atoms with Crippen LogP contribution in [0.1, 0.15) is 22.4 Å². The van der Waals surface area contributed by atoms with Crippen LogP contribution in [0.4, 0.5) is 0 Å². The number of hydrogen-bond donors (Lipinski definition) is 2. The lowest BCUT2D eigenvalue weighted by Gasteiger charge is -2.08. The van der Waals surface area contributed by atoms with Crippen LogP contribution in [0, 0.1) is 0 Å². The van der Waals surface area contributed by atoms with E-state index in [1.807, 2.05) is 6.92 Å². The Kier molecular flexibility index (Phi) is 4.87. The fourth-order valence-electron chi connectivity index (χ4n) is 1.72. The molecule has 2 aromatic rings. The first-order chi connectivity index (χ1) is 9.56. The molecule has 7 heteroatoms. The first-order valence-corrected chi connectivity index (χ1v) is 8.48. The number of aryl methyl sites for hydroxylation is 1. The van der Waals surface area contributed by atoms with Gasteiger partial charge in [-0.15, -0.1) is 11.3 Å². The van der Waals surface area contributed by atoms with Crippen molar-refractivity contribution >= 4 is 21.4 Å². The van der Waals surface area contributed by atoms with E-state index in [1.165, 1.54) is 17.4 Å². The quantitative estimate of drug-likeness (QED) is 0.850. The van der Waals surface area contributed by atoms with E-state index in [9.17, 15) is 13.5 Å². The van der Waals surface area contributed by atoms with E-state index in [2.05, 4.69) is 9.71 Å². The van der Waals surface area contributed by atoms with E-state index in [-0.39, 0.29) is 18.0 Å². The predicted octanol–water partition coefficient (Wildman–Crippen LogP) is 1.68. The lowest BCUT2D eigenvalue weighted by atomic mass is 10.2. The van der Waals surface area contributed by atoms with Gasteiger partial charge in [0.05, 0.1) is 18.0 Å². The highest BCUT2D eigenvalue weighted by molar-refractivity contribution is 7.89. The zero-order valence-corrected chi connectivity index (χ0v) is 12.7. The van der Waals surface area contributed by atoms with Crippen molar-refractivity contribution < 1.29 is 13.5 Å². The summed E-state index contributed by atoms with van der Waals surface area (Å²) >= 11 is 1.49. The summed E-state index contributed by atoms with van der Waals surface area (Å²) in [4.78, 5) is 5.40. The largest absolute Gasteiger partial charge is 0.392 e. The fraction of sp³-hybridized carbons (Fsp3) is 0.308. The van der Waals surface area contributed by atoms with E-state index >= 15 is 0 Å². The molecule has 0 unspecified atom stereocenters. The Bertz CT molecular complexity index is 680. The molecular formula is C13H16N2O3S2. The smallest absolute Gasteiger partial charge is 0.241 e. The van der Waals surface area contributed by atoms with Crippen molar-refractivity contribution in [3.8, 4) is 0 Å². The minimum absolute atomic E-state index is 0.106. The lowest BCUT2D eigenvalue weighted by Crippen LogP contribution is -2.24. The summed E-state index contributed by atoms with van der Waals surface area (Å²) in [5.41, 5.74) is 0.383. The van der Waals surface area contributed by atoms with Gasteiger partial charge in [-0.1, -0.05) is 25.1 Å². The minimum atomic E-state index is -3.64. The third-order valence-corrected chi connectivity index (χ3v) is 5.44. The topological polar surface area (TPSA) is 79.3 Å². The summed E-state index contributed by atoms with van der Waals surface area (Å²) in [6.07, 6.45) is 2.65. The highest BCUT2D eigenvalue weighted by Crippen LogP contribution is 2.17. The molecule has 1 aromatic heterocycles. The van der Waals surface area contributed by atoms with Crippen LogP contribution < -0.4 is 4.72 Å². The molecule has 5 nitrogen and oxygen atoms in total. The van der Waals surface area contributed by atoms with Gasteiger partial charge in [-0.2, -0.15) is 0 Å². The van der Waals surface area contributed by atoms with E-state index in [0.717, 1.165) is 16.3 Å². The number of thiazole rings is 1. The van der Waals surface area contributed by atoms with E-state index < -0.39 is 10.0 Å². The van der Waals surface area contributed by atoms with Crippen molar-refractivity contribution in [1.29, 1.82) is 0 Å². The molecule has 0 saturated carbocycles. The monoisotopic (exact) mass is 312 g/mol. The van der Waals surface area contributed by atoms with E-state index in [0.29, 0.717) is 5.56 Å². The number of nitrogens with zero attached hydrogens (tertiary/aromatic N) is 1. The summed E-state index contributed by atoms with van der Waals surface area (Å²) < 4.78 is 26.9. The van der Waals surface area contributed by atoms with Crippen molar-refractivity contribution in [3.05, 3.63) is 45.9 Å². The molecule has 2 N–H and O–H groups in total. The number of nitrogens with one attached hydrogen (secondary N) is 1. The van der Waals surface area contributed by atoms with E-state index in [1.54, 1.807) is 24.4 Å². The van der Waals surface area contributed by atoms with Gasteiger partial charge in [-0.3, -0.25) is 0 Å². The molecule has 0 fully saturated rings. The molecule has 0 aliphatic rings. The van der Waals surface area contributed by atoms with Crippen molar-refractivity contribution in [2.45, 2.75) is 31.4 Å². The SMILES string of the molecule is CCc1cnc(CNS(=O)(=O)c2ccccc2CO)s1. The highest BCUT2D eigenvalue weighted by atomic mass is 32.2. The fourth-order valence-corrected chi connectivity index (χ4v) is 3.84. The minimum Gasteiger partial charge on any atom is -0.392 e. The van der Waals surface area contributed by atoms with Gasteiger partial charge in [0.15, 0.2) is 0 Å². The third kappa shape index (κ3) is 3.43. The molecule has 0 radical (unpaired) electrons. The molecule has 108 valence electrons. The molecule has 1 aromatic carbocycles. The van der Waals surface area contributed by atoms with Crippen LogP contribution in [0.25, 0.3) is 0 Å². The molecule has 0 aliphatic carbocycles. The number of benzene rings is 1. The zero-order valence-electron chi connectivity index (χ0n) is 11.0. The van der Waals surface area contributed by atoms with Gasteiger partial charge < -0.3 is 5.11 Å². The van der Waals surface area contributed by atoms with E-state index in [4.69, 9.17) is 0 Å². The second-order valence-corrected chi connectivity index (χ2v) is 7.10. The van der Waals surface area contributed by atoms with Gasteiger partial charge in [-0.05, 0) is 18.1 Å². The van der Waals surface area contributed by atoms with Crippen LogP contribution in [-0.4, -0.2) is 18.5 Å². The second kappa shape index (κ2) is 6.45. The molecule has 0 saturated heterocycles. The standard InChI is InChI=1S/C13H16N2O3S2/c1-2-11-7-14-13(19-11)8-15-20(17,18)12-6-4-3-5-10(12)9-16/h3-7,15-16H,2,8-9H2,1H3. The third-order valence-electron chi connectivity index (χ3n) is 2.80. The van der Waals surface area contributed by atoms with Crippen LogP contribution in [0.5, 0.6) is 0 Å². The Balaban J connectivity index is 2.15. The molecule has 0 amide bonds. The second-order valence-electron chi connectivity index (χ2n) is 4.16. The van der Waals surface area contributed by atoms with Crippen LogP contribution >= 0.6 is 11.3 Å². The Morgan fingerprint density at radius 2 is 2.10 bits per heavy atom. The van der Waals surface area contributed by atoms with Gasteiger partial charge >= 0.3 is 0 Å². The van der Waals surface area contributed by atoms with Crippen molar-refractivity contribution in [3.63, 3.8) is 0 Å². The van der Waals surface area contributed by atoms with Crippen LogP contribution in [0.15, 0.2) is 35.4 Å². The lowest BCUT2D eigenvalue weighted by molar-refractivity contribution is 0.278. The van der Waals surface area contributed by atoms with Gasteiger partial charge in [-0.25, -0.2) is 18.1 Å². The number of hydrogen-bond acceptors (Lipinski definition) is 5.